The van der Waals surface area contributed by atoms with Gasteiger partial charge in [-0.05, 0) is 6.42 Å². The van der Waals surface area contributed by atoms with Crippen molar-refractivity contribution in [1.29, 1.82) is 0 Å². The molecule has 58 valence electrons. The lowest BCUT2D eigenvalue weighted by Gasteiger charge is -1.96. The van der Waals surface area contributed by atoms with Crippen LogP contribution in [-0.2, 0) is 4.79 Å². The summed E-state index contributed by atoms with van der Waals surface area (Å²) in [5.41, 5.74) is 0.947. The van der Waals surface area contributed by atoms with Crippen molar-refractivity contribution in [2.75, 3.05) is 0 Å². The Labute approximate surface area is 65.5 Å². The molecule has 0 fully saturated rings. The van der Waals surface area contributed by atoms with Crippen LogP contribution in [0.1, 0.15) is 12.8 Å². The van der Waals surface area contributed by atoms with Crippen LogP contribution in [0.3, 0.4) is 0 Å². The van der Waals surface area contributed by atoms with E-state index in [1.807, 2.05) is 30.4 Å². The maximum absolute atomic E-state index is 10.3. The molecule has 0 radical (unpaired) electrons. The van der Waals surface area contributed by atoms with E-state index in [9.17, 15) is 4.79 Å². The van der Waals surface area contributed by atoms with Crippen LogP contribution in [-0.4, -0.2) is 11.1 Å². The monoisotopic (exact) mass is 150 g/mol. The molecule has 0 heterocycles. The number of carboxylic acid groups (broad SMARTS) is 1. The average Bonchev–Trinajstić information content (AvgIpc) is 2.14. The maximum atomic E-state index is 10.3. The highest BCUT2D eigenvalue weighted by atomic mass is 16.4. The van der Waals surface area contributed by atoms with Crippen molar-refractivity contribution < 1.29 is 9.90 Å². The number of hydrogen-bond acceptors (Lipinski definition) is 1. The standard InChI is InChI=1S/C9H10O2/c10-9(11)7-8-5-3-1-2-4-6-8/h1-5H,6-7H2,(H,10,11). The molecule has 0 atom stereocenters. The molecule has 1 aliphatic rings. The van der Waals surface area contributed by atoms with Gasteiger partial charge in [0.1, 0.15) is 0 Å². The van der Waals surface area contributed by atoms with Gasteiger partial charge >= 0.3 is 5.97 Å². The van der Waals surface area contributed by atoms with Crippen LogP contribution in [0.25, 0.3) is 0 Å². The van der Waals surface area contributed by atoms with Crippen LogP contribution in [0.15, 0.2) is 36.0 Å². The van der Waals surface area contributed by atoms with Crippen molar-refractivity contribution in [3.05, 3.63) is 36.0 Å². The Kier molecular flexibility index (Phi) is 2.66. The van der Waals surface area contributed by atoms with Crippen molar-refractivity contribution in [3.8, 4) is 0 Å². The first-order valence-electron chi connectivity index (χ1n) is 3.52. The predicted molar refractivity (Wildman–Crippen MR) is 43.2 cm³/mol. The molecule has 0 spiro atoms. The molecule has 2 heteroatoms. The summed E-state index contributed by atoms with van der Waals surface area (Å²) in [5.74, 6) is -0.764. The molecule has 11 heavy (non-hydrogen) atoms. The minimum Gasteiger partial charge on any atom is -0.481 e. The summed E-state index contributed by atoms with van der Waals surface area (Å²) in [6.07, 6.45) is 10.4. The highest BCUT2D eigenvalue weighted by Crippen LogP contribution is 2.10. The van der Waals surface area contributed by atoms with Crippen LogP contribution in [0.2, 0.25) is 0 Å². The van der Waals surface area contributed by atoms with E-state index >= 15 is 0 Å². The van der Waals surface area contributed by atoms with Crippen molar-refractivity contribution >= 4 is 5.97 Å². The minimum atomic E-state index is -0.764. The lowest BCUT2D eigenvalue weighted by molar-refractivity contribution is -0.136. The van der Waals surface area contributed by atoms with Gasteiger partial charge in [0.25, 0.3) is 0 Å². The van der Waals surface area contributed by atoms with Crippen LogP contribution in [0.4, 0.5) is 0 Å². The molecular formula is C9H10O2. The Bertz CT molecular complexity index is 234. The number of rotatable bonds is 2. The molecule has 0 aliphatic heterocycles. The van der Waals surface area contributed by atoms with Gasteiger partial charge in [-0.25, -0.2) is 0 Å². The normalized spacial score (nSPS) is 15.8. The third kappa shape index (κ3) is 2.85. The van der Waals surface area contributed by atoms with Gasteiger partial charge < -0.3 is 5.11 Å². The van der Waals surface area contributed by atoms with Gasteiger partial charge in [0.2, 0.25) is 0 Å². The molecule has 0 aromatic carbocycles. The summed E-state index contributed by atoms with van der Waals surface area (Å²) in [6.45, 7) is 0. The van der Waals surface area contributed by atoms with Gasteiger partial charge in [-0.15, -0.1) is 0 Å². The van der Waals surface area contributed by atoms with Gasteiger partial charge in [0, 0.05) is 0 Å². The van der Waals surface area contributed by atoms with E-state index in [0.29, 0.717) is 0 Å². The third-order valence-electron chi connectivity index (χ3n) is 1.45. The van der Waals surface area contributed by atoms with E-state index in [-0.39, 0.29) is 6.42 Å². The van der Waals surface area contributed by atoms with E-state index in [4.69, 9.17) is 5.11 Å². The lowest BCUT2D eigenvalue weighted by Crippen LogP contribution is -1.96. The number of aliphatic carboxylic acids is 1. The summed E-state index contributed by atoms with van der Waals surface area (Å²) < 4.78 is 0. The van der Waals surface area contributed by atoms with Gasteiger partial charge in [0.05, 0.1) is 6.42 Å². The predicted octanol–water partition coefficient (Wildman–Crippen LogP) is 1.90. The number of allylic oxidation sites excluding steroid dienone is 5. The number of carboxylic acids is 1. The lowest BCUT2D eigenvalue weighted by atomic mass is 10.1. The molecule has 0 bridgehead atoms. The van der Waals surface area contributed by atoms with E-state index in [1.165, 1.54) is 0 Å². The molecule has 0 saturated heterocycles. The van der Waals surface area contributed by atoms with Crippen molar-refractivity contribution in [2.45, 2.75) is 12.8 Å². The number of carbonyl (C=O) groups is 1. The zero-order valence-electron chi connectivity index (χ0n) is 6.16. The average molecular weight is 150 g/mol. The van der Waals surface area contributed by atoms with Gasteiger partial charge in [0.15, 0.2) is 0 Å². The second-order valence-electron chi connectivity index (χ2n) is 2.41. The smallest absolute Gasteiger partial charge is 0.307 e. The molecular weight excluding hydrogens is 140 g/mol. The second-order valence-corrected chi connectivity index (χ2v) is 2.41. The fraction of sp³-hybridized carbons (Fsp3) is 0.222. The SMILES string of the molecule is O=C(O)CC1=CC=CC=CC1. The Balaban J connectivity index is 2.57. The summed E-state index contributed by atoms with van der Waals surface area (Å²) in [6, 6.07) is 0. The third-order valence-corrected chi connectivity index (χ3v) is 1.45. The largest absolute Gasteiger partial charge is 0.481 e. The molecule has 0 saturated carbocycles. The Morgan fingerprint density at radius 3 is 3.00 bits per heavy atom. The maximum Gasteiger partial charge on any atom is 0.307 e. The molecule has 1 N–H and O–H groups in total. The summed E-state index contributed by atoms with van der Waals surface area (Å²) in [4.78, 5) is 10.3. The summed E-state index contributed by atoms with van der Waals surface area (Å²) >= 11 is 0. The van der Waals surface area contributed by atoms with E-state index in [1.54, 1.807) is 0 Å². The first kappa shape index (κ1) is 7.79. The van der Waals surface area contributed by atoms with Crippen LogP contribution in [0, 0.1) is 0 Å². The summed E-state index contributed by atoms with van der Waals surface area (Å²) in [7, 11) is 0. The van der Waals surface area contributed by atoms with Crippen LogP contribution >= 0.6 is 0 Å². The number of hydrogen-bond donors (Lipinski definition) is 1. The molecule has 0 amide bonds. The van der Waals surface area contributed by atoms with E-state index in [2.05, 4.69) is 0 Å². The summed E-state index contributed by atoms with van der Waals surface area (Å²) in [5, 5.41) is 8.47. The molecule has 0 aromatic heterocycles. The first-order chi connectivity index (χ1) is 5.29. The zero-order chi connectivity index (χ0) is 8.10. The van der Waals surface area contributed by atoms with Crippen molar-refractivity contribution in [3.63, 3.8) is 0 Å². The first-order valence-corrected chi connectivity index (χ1v) is 3.52. The Hall–Kier alpha value is -1.31. The molecule has 0 aromatic rings. The van der Waals surface area contributed by atoms with Gasteiger partial charge in [-0.3, -0.25) is 4.79 Å². The fourth-order valence-electron chi connectivity index (χ4n) is 0.947. The van der Waals surface area contributed by atoms with Gasteiger partial charge in [-0.1, -0.05) is 36.0 Å². The van der Waals surface area contributed by atoms with Crippen LogP contribution in [0.5, 0.6) is 0 Å². The quantitative estimate of drug-likeness (QED) is 0.652. The van der Waals surface area contributed by atoms with E-state index < -0.39 is 5.97 Å². The fourth-order valence-corrected chi connectivity index (χ4v) is 0.947. The second kappa shape index (κ2) is 3.76. The Morgan fingerprint density at radius 2 is 2.27 bits per heavy atom. The van der Waals surface area contributed by atoms with E-state index in [0.717, 1.165) is 12.0 Å². The topological polar surface area (TPSA) is 37.3 Å². The van der Waals surface area contributed by atoms with Gasteiger partial charge in [-0.2, -0.15) is 0 Å². The Morgan fingerprint density at radius 1 is 1.45 bits per heavy atom. The zero-order valence-corrected chi connectivity index (χ0v) is 6.16. The van der Waals surface area contributed by atoms with Crippen LogP contribution < -0.4 is 0 Å². The molecule has 2 nitrogen and oxygen atoms in total. The molecule has 1 rings (SSSR count). The molecule has 0 unspecified atom stereocenters. The highest BCUT2D eigenvalue weighted by molar-refractivity contribution is 5.70. The van der Waals surface area contributed by atoms with Crippen molar-refractivity contribution in [2.24, 2.45) is 0 Å². The minimum absolute atomic E-state index is 0.147. The molecule has 1 aliphatic carbocycles. The highest BCUT2D eigenvalue weighted by Gasteiger charge is 2.01. The van der Waals surface area contributed by atoms with Crippen molar-refractivity contribution in [1.82, 2.24) is 0 Å².